The number of carbonyl (C=O) groups excluding carboxylic acids is 2. The first-order valence-corrected chi connectivity index (χ1v) is 7.87. The first kappa shape index (κ1) is 16.7. The summed E-state index contributed by atoms with van der Waals surface area (Å²) >= 11 is 13.0. The second kappa shape index (κ2) is 7.58. The van der Waals surface area contributed by atoms with Gasteiger partial charge >= 0.3 is 5.97 Å². The summed E-state index contributed by atoms with van der Waals surface area (Å²) in [6.07, 6.45) is 1.37. The zero-order valence-corrected chi connectivity index (χ0v) is 13.8. The highest BCUT2D eigenvalue weighted by atomic mass is 35.5. The zero-order chi connectivity index (χ0) is 16.1. The van der Waals surface area contributed by atoms with Gasteiger partial charge in [0.2, 0.25) is 0 Å². The number of pyridine rings is 1. The summed E-state index contributed by atoms with van der Waals surface area (Å²) in [7, 11) is 1.30. The molecule has 1 atom stereocenters. The van der Waals surface area contributed by atoms with Crippen LogP contribution in [0.4, 0.5) is 0 Å². The number of hydrogen-bond donors (Lipinski definition) is 1. The lowest BCUT2D eigenvalue weighted by Crippen LogP contribution is -2.30. The number of nitrogens with zero attached hydrogens (tertiary/aromatic N) is 1. The van der Waals surface area contributed by atoms with Crippen LogP contribution in [0.25, 0.3) is 0 Å². The van der Waals surface area contributed by atoms with Crippen molar-refractivity contribution < 1.29 is 14.3 Å². The van der Waals surface area contributed by atoms with Gasteiger partial charge in [0, 0.05) is 11.1 Å². The fourth-order valence-electron chi connectivity index (χ4n) is 1.75. The Morgan fingerprint density at radius 1 is 1.45 bits per heavy atom. The quantitative estimate of drug-likeness (QED) is 0.656. The second-order valence-corrected chi connectivity index (χ2v) is 6.06. The molecule has 0 aliphatic carbocycles. The summed E-state index contributed by atoms with van der Waals surface area (Å²) in [5.74, 6) is -0.806. The molecular weight excluding hydrogens is 347 g/mol. The third-order valence-corrected chi connectivity index (χ3v) is 4.52. The molecule has 2 rings (SSSR count). The summed E-state index contributed by atoms with van der Waals surface area (Å²) in [6, 6.07) is 4.63. The highest BCUT2D eigenvalue weighted by Crippen LogP contribution is 2.24. The van der Waals surface area contributed by atoms with Gasteiger partial charge in [-0.05, 0) is 17.5 Å². The Balaban J connectivity index is 2.17. The van der Waals surface area contributed by atoms with Crippen molar-refractivity contribution in [2.24, 2.45) is 0 Å². The van der Waals surface area contributed by atoms with Crippen LogP contribution in [0.1, 0.15) is 27.7 Å². The molecule has 0 saturated heterocycles. The van der Waals surface area contributed by atoms with Crippen LogP contribution in [0.5, 0.6) is 0 Å². The van der Waals surface area contributed by atoms with Gasteiger partial charge in [-0.3, -0.25) is 9.59 Å². The molecule has 1 N–H and O–H groups in total. The topological polar surface area (TPSA) is 68.3 Å². The van der Waals surface area contributed by atoms with Gasteiger partial charge in [0.1, 0.15) is 5.15 Å². The number of esters is 1. The third-order valence-electron chi connectivity index (χ3n) is 2.85. The van der Waals surface area contributed by atoms with Crippen LogP contribution in [-0.2, 0) is 9.53 Å². The van der Waals surface area contributed by atoms with Gasteiger partial charge in [0.15, 0.2) is 0 Å². The maximum absolute atomic E-state index is 12.3. The van der Waals surface area contributed by atoms with Crippen molar-refractivity contribution in [2.75, 3.05) is 7.11 Å². The SMILES string of the molecule is COC(=O)CC(NC(=O)c1cnc(Cl)c(Cl)c1)c1cccs1. The van der Waals surface area contributed by atoms with Crippen molar-refractivity contribution in [1.29, 1.82) is 0 Å². The Kier molecular flexibility index (Phi) is 5.76. The molecule has 2 aromatic heterocycles. The van der Waals surface area contributed by atoms with Crippen LogP contribution in [0.15, 0.2) is 29.8 Å². The summed E-state index contributed by atoms with van der Waals surface area (Å²) < 4.78 is 4.66. The number of carbonyl (C=O) groups is 2. The van der Waals surface area contributed by atoms with Gasteiger partial charge in [-0.2, -0.15) is 0 Å². The Bertz CT molecular complexity index is 677. The average Bonchev–Trinajstić information content (AvgIpc) is 3.03. The summed E-state index contributed by atoms with van der Waals surface area (Å²) in [6.45, 7) is 0. The highest BCUT2D eigenvalue weighted by molar-refractivity contribution is 7.10. The van der Waals surface area contributed by atoms with E-state index < -0.39 is 17.9 Å². The first-order chi connectivity index (χ1) is 10.5. The number of thiophene rings is 1. The molecule has 0 aromatic carbocycles. The van der Waals surface area contributed by atoms with Crippen molar-refractivity contribution in [3.05, 3.63) is 50.4 Å². The fourth-order valence-corrected chi connectivity index (χ4v) is 2.80. The Labute approximate surface area is 141 Å². The minimum atomic E-state index is -0.477. The lowest BCUT2D eigenvalue weighted by molar-refractivity contribution is -0.141. The minimum absolute atomic E-state index is 0.0392. The lowest BCUT2D eigenvalue weighted by atomic mass is 10.1. The zero-order valence-electron chi connectivity index (χ0n) is 11.5. The predicted molar refractivity (Wildman–Crippen MR) is 85.4 cm³/mol. The van der Waals surface area contributed by atoms with Crippen LogP contribution in [0.3, 0.4) is 0 Å². The summed E-state index contributed by atoms with van der Waals surface area (Å²) in [5.41, 5.74) is 0.265. The number of amides is 1. The molecule has 0 aliphatic heterocycles. The van der Waals surface area contributed by atoms with E-state index in [1.54, 1.807) is 0 Å². The molecule has 0 radical (unpaired) electrons. The van der Waals surface area contributed by atoms with E-state index in [1.165, 1.54) is 30.7 Å². The van der Waals surface area contributed by atoms with Crippen LogP contribution >= 0.6 is 34.5 Å². The molecule has 0 aliphatic rings. The number of ether oxygens (including phenoxy) is 1. The number of rotatable bonds is 5. The monoisotopic (exact) mass is 358 g/mol. The van der Waals surface area contributed by atoms with E-state index in [-0.39, 0.29) is 22.2 Å². The molecule has 8 heteroatoms. The van der Waals surface area contributed by atoms with Crippen LogP contribution in [0.2, 0.25) is 10.2 Å². The minimum Gasteiger partial charge on any atom is -0.469 e. The molecule has 2 aromatic rings. The molecule has 5 nitrogen and oxygen atoms in total. The number of methoxy groups -OCH3 is 1. The maximum atomic E-state index is 12.3. The van der Waals surface area contributed by atoms with Gasteiger partial charge in [-0.15, -0.1) is 11.3 Å². The standard InChI is InChI=1S/C14H12Cl2N2O3S/c1-21-12(19)6-10(11-3-2-4-22-11)18-14(20)8-5-9(15)13(16)17-7-8/h2-5,7,10H,6H2,1H3,(H,18,20). The smallest absolute Gasteiger partial charge is 0.307 e. The van der Waals surface area contributed by atoms with Gasteiger partial charge in [-0.25, -0.2) is 4.98 Å². The molecule has 1 amide bonds. The molecule has 0 fully saturated rings. The van der Waals surface area contributed by atoms with E-state index in [0.717, 1.165) is 4.88 Å². The highest BCUT2D eigenvalue weighted by Gasteiger charge is 2.21. The van der Waals surface area contributed by atoms with Gasteiger partial charge in [-0.1, -0.05) is 29.3 Å². The van der Waals surface area contributed by atoms with E-state index in [9.17, 15) is 9.59 Å². The lowest BCUT2D eigenvalue weighted by Gasteiger charge is -2.16. The number of nitrogens with one attached hydrogen (secondary N) is 1. The Morgan fingerprint density at radius 3 is 2.82 bits per heavy atom. The van der Waals surface area contributed by atoms with Crippen molar-refractivity contribution in [2.45, 2.75) is 12.5 Å². The van der Waals surface area contributed by atoms with E-state index in [1.807, 2.05) is 17.5 Å². The van der Waals surface area contributed by atoms with Crippen LogP contribution < -0.4 is 5.32 Å². The largest absolute Gasteiger partial charge is 0.469 e. The molecule has 2 heterocycles. The molecule has 22 heavy (non-hydrogen) atoms. The molecule has 116 valence electrons. The van der Waals surface area contributed by atoms with Crippen molar-refractivity contribution >= 4 is 46.4 Å². The third kappa shape index (κ3) is 4.19. The number of aromatic nitrogens is 1. The average molecular weight is 359 g/mol. The van der Waals surface area contributed by atoms with Gasteiger partial charge in [0.05, 0.1) is 30.2 Å². The Hall–Kier alpha value is -1.63. The second-order valence-electron chi connectivity index (χ2n) is 4.32. The van der Waals surface area contributed by atoms with E-state index in [0.29, 0.717) is 0 Å². The molecule has 1 unspecified atom stereocenters. The molecule has 0 spiro atoms. The van der Waals surface area contributed by atoms with Crippen LogP contribution in [0, 0.1) is 0 Å². The molecular formula is C14H12Cl2N2O3S. The van der Waals surface area contributed by atoms with E-state index >= 15 is 0 Å². The van der Waals surface area contributed by atoms with Crippen molar-refractivity contribution in [3.8, 4) is 0 Å². The van der Waals surface area contributed by atoms with E-state index in [4.69, 9.17) is 23.2 Å². The van der Waals surface area contributed by atoms with Crippen molar-refractivity contribution in [3.63, 3.8) is 0 Å². The maximum Gasteiger partial charge on any atom is 0.307 e. The molecule has 0 bridgehead atoms. The molecule has 0 saturated carbocycles. The Morgan fingerprint density at radius 2 is 2.23 bits per heavy atom. The predicted octanol–water partition coefficient (Wildman–Crippen LogP) is 3.48. The summed E-state index contributed by atoms with van der Waals surface area (Å²) in [5, 5.41) is 4.96. The number of hydrogen-bond acceptors (Lipinski definition) is 5. The van der Waals surface area contributed by atoms with Gasteiger partial charge < -0.3 is 10.1 Å². The van der Waals surface area contributed by atoms with Gasteiger partial charge in [0.25, 0.3) is 5.91 Å². The fraction of sp³-hybridized carbons (Fsp3) is 0.214. The normalized spacial score (nSPS) is 11.8. The van der Waals surface area contributed by atoms with Crippen LogP contribution in [-0.4, -0.2) is 24.0 Å². The summed E-state index contributed by atoms with van der Waals surface area (Å²) in [4.78, 5) is 28.5. The van der Waals surface area contributed by atoms with Crippen molar-refractivity contribution in [1.82, 2.24) is 10.3 Å². The van der Waals surface area contributed by atoms with E-state index in [2.05, 4.69) is 15.0 Å². The number of halogens is 2. The first-order valence-electron chi connectivity index (χ1n) is 6.23.